The number of hydrogen-bond acceptors (Lipinski definition) is 4. The second-order valence-corrected chi connectivity index (χ2v) is 7.87. The van der Waals surface area contributed by atoms with Crippen molar-refractivity contribution < 1.29 is 19.1 Å². The normalized spacial score (nSPS) is 22.4. The van der Waals surface area contributed by atoms with Crippen molar-refractivity contribution in [3.05, 3.63) is 0 Å². The Kier molecular flexibility index (Phi) is 12.4. The number of esters is 2. The van der Waals surface area contributed by atoms with E-state index in [1.165, 1.54) is 45.6 Å². The van der Waals surface area contributed by atoms with Crippen LogP contribution in [0.4, 0.5) is 0 Å². The van der Waals surface area contributed by atoms with Crippen LogP contribution >= 0.6 is 0 Å². The van der Waals surface area contributed by atoms with Gasteiger partial charge in [0, 0.05) is 12.3 Å². The molecule has 1 heterocycles. The standard InChI is InChI=1S/C22H40O4/c1-4-5-6-7-9-12-15-19-18(2)22(24)26-20(19)16-13-10-8-11-14-17-21(23)25-3/h18-20H,4-17H2,1-3H3. The van der Waals surface area contributed by atoms with Gasteiger partial charge in [-0.05, 0) is 25.7 Å². The SMILES string of the molecule is CCCCCCCCC1C(CCCCCCCC(=O)OC)OC(=O)C1C. The summed E-state index contributed by atoms with van der Waals surface area (Å²) in [6.45, 7) is 4.28. The molecule has 0 aliphatic carbocycles. The largest absolute Gasteiger partial charge is 0.469 e. The van der Waals surface area contributed by atoms with Gasteiger partial charge in [-0.25, -0.2) is 0 Å². The van der Waals surface area contributed by atoms with E-state index in [1.807, 2.05) is 6.92 Å². The summed E-state index contributed by atoms with van der Waals surface area (Å²) in [6, 6.07) is 0. The van der Waals surface area contributed by atoms with Gasteiger partial charge in [-0.15, -0.1) is 0 Å². The van der Waals surface area contributed by atoms with E-state index in [4.69, 9.17) is 4.74 Å². The highest BCUT2D eigenvalue weighted by atomic mass is 16.6. The second-order valence-electron chi connectivity index (χ2n) is 7.87. The van der Waals surface area contributed by atoms with E-state index in [1.54, 1.807) is 0 Å². The van der Waals surface area contributed by atoms with Crippen molar-refractivity contribution in [2.45, 2.75) is 110 Å². The van der Waals surface area contributed by atoms with E-state index in [0.29, 0.717) is 12.3 Å². The van der Waals surface area contributed by atoms with Gasteiger partial charge in [0.1, 0.15) is 6.10 Å². The highest BCUT2D eigenvalue weighted by Gasteiger charge is 2.40. The molecule has 0 spiro atoms. The highest BCUT2D eigenvalue weighted by molar-refractivity contribution is 5.74. The molecule has 0 radical (unpaired) electrons. The molecule has 0 N–H and O–H groups in total. The van der Waals surface area contributed by atoms with Crippen molar-refractivity contribution in [3.8, 4) is 0 Å². The molecule has 0 saturated carbocycles. The summed E-state index contributed by atoms with van der Waals surface area (Å²) in [7, 11) is 1.44. The molecule has 26 heavy (non-hydrogen) atoms. The average molecular weight is 369 g/mol. The summed E-state index contributed by atoms with van der Waals surface area (Å²) < 4.78 is 10.3. The maximum Gasteiger partial charge on any atom is 0.309 e. The minimum atomic E-state index is -0.116. The number of carbonyl (C=O) groups excluding carboxylic acids is 2. The Morgan fingerprint density at radius 2 is 1.50 bits per heavy atom. The van der Waals surface area contributed by atoms with Gasteiger partial charge in [0.25, 0.3) is 0 Å². The van der Waals surface area contributed by atoms with Crippen molar-refractivity contribution >= 4 is 11.9 Å². The maximum absolute atomic E-state index is 12.0. The summed E-state index contributed by atoms with van der Waals surface area (Å²) in [6.07, 6.45) is 15.9. The van der Waals surface area contributed by atoms with E-state index < -0.39 is 0 Å². The molecule has 1 saturated heterocycles. The Morgan fingerprint density at radius 3 is 2.15 bits per heavy atom. The smallest absolute Gasteiger partial charge is 0.309 e. The Labute approximate surface area is 160 Å². The number of hydrogen-bond donors (Lipinski definition) is 0. The topological polar surface area (TPSA) is 52.6 Å². The third-order valence-electron chi connectivity index (χ3n) is 5.75. The first-order valence-corrected chi connectivity index (χ1v) is 10.9. The van der Waals surface area contributed by atoms with Crippen molar-refractivity contribution in [2.75, 3.05) is 7.11 Å². The van der Waals surface area contributed by atoms with Crippen molar-refractivity contribution in [1.82, 2.24) is 0 Å². The lowest BCUT2D eigenvalue weighted by Gasteiger charge is -2.19. The molecule has 1 aliphatic heterocycles. The fraction of sp³-hybridized carbons (Fsp3) is 0.909. The Bertz CT molecular complexity index is 394. The predicted molar refractivity (Wildman–Crippen MR) is 105 cm³/mol. The van der Waals surface area contributed by atoms with Crippen molar-refractivity contribution in [1.29, 1.82) is 0 Å². The molecule has 0 amide bonds. The van der Waals surface area contributed by atoms with Crippen LogP contribution in [-0.4, -0.2) is 25.2 Å². The van der Waals surface area contributed by atoms with Gasteiger partial charge >= 0.3 is 11.9 Å². The minimum absolute atomic E-state index is 0.00376. The molecule has 0 aromatic rings. The van der Waals surface area contributed by atoms with Gasteiger partial charge in [0.05, 0.1) is 13.0 Å². The van der Waals surface area contributed by atoms with Gasteiger partial charge < -0.3 is 9.47 Å². The second kappa shape index (κ2) is 14.1. The van der Waals surface area contributed by atoms with Crippen LogP contribution in [0.25, 0.3) is 0 Å². The van der Waals surface area contributed by atoms with Crippen LogP contribution in [0.5, 0.6) is 0 Å². The summed E-state index contributed by atoms with van der Waals surface area (Å²) in [5.74, 6) is 0.363. The van der Waals surface area contributed by atoms with E-state index in [0.717, 1.165) is 44.9 Å². The van der Waals surface area contributed by atoms with Crippen LogP contribution in [0.3, 0.4) is 0 Å². The van der Waals surface area contributed by atoms with E-state index in [-0.39, 0.29) is 24.0 Å². The summed E-state index contributed by atoms with van der Waals surface area (Å²) in [5, 5.41) is 0. The van der Waals surface area contributed by atoms with Crippen molar-refractivity contribution in [3.63, 3.8) is 0 Å². The van der Waals surface area contributed by atoms with E-state index in [2.05, 4.69) is 11.7 Å². The Balaban J connectivity index is 2.15. The lowest BCUT2D eigenvalue weighted by molar-refractivity contribution is -0.144. The first-order chi connectivity index (χ1) is 12.6. The van der Waals surface area contributed by atoms with Gasteiger partial charge in [-0.2, -0.15) is 0 Å². The third kappa shape index (κ3) is 9.05. The molecule has 0 bridgehead atoms. The molecule has 0 aromatic carbocycles. The van der Waals surface area contributed by atoms with Crippen LogP contribution in [0, 0.1) is 11.8 Å². The lowest BCUT2D eigenvalue weighted by Crippen LogP contribution is -2.19. The lowest BCUT2D eigenvalue weighted by atomic mass is 9.85. The molecular weight excluding hydrogens is 328 g/mol. The van der Waals surface area contributed by atoms with Gasteiger partial charge in [-0.3, -0.25) is 9.59 Å². The van der Waals surface area contributed by atoms with Crippen LogP contribution in [0.2, 0.25) is 0 Å². The quantitative estimate of drug-likeness (QED) is 0.270. The number of methoxy groups -OCH3 is 1. The zero-order chi connectivity index (χ0) is 19.2. The number of ether oxygens (including phenoxy) is 2. The van der Waals surface area contributed by atoms with Crippen LogP contribution in [-0.2, 0) is 19.1 Å². The Hall–Kier alpha value is -1.06. The molecule has 152 valence electrons. The van der Waals surface area contributed by atoms with Gasteiger partial charge in [0.2, 0.25) is 0 Å². The molecule has 1 rings (SSSR count). The maximum atomic E-state index is 12.0. The van der Waals surface area contributed by atoms with Gasteiger partial charge in [-0.1, -0.05) is 71.6 Å². The van der Waals surface area contributed by atoms with Crippen molar-refractivity contribution in [2.24, 2.45) is 11.8 Å². The van der Waals surface area contributed by atoms with E-state index in [9.17, 15) is 9.59 Å². The molecule has 1 aliphatic rings. The minimum Gasteiger partial charge on any atom is -0.469 e. The molecule has 1 fully saturated rings. The molecular formula is C22H40O4. The first-order valence-electron chi connectivity index (χ1n) is 10.9. The van der Waals surface area contributed by atoms with Crippen LogP contribution < -0.4 is 0 Å². The summed E-state index contributed by atoms with van der Waals surface area (Å²) in [5.41, 5.74) is 0. The zero-order valence-corrected chi connectivity index (χ0v) is 17.3. The van der Waals surface area contributed by atoms with Gasteiger partial charge in [0.15, 0.2) is 0 Å². The fourth-order valence-electron chi connectivity index (χ4n) is 3.96. The molecule has 3 atom stereocenters. The highest BCUT2D eigenvalue weighted by Crippen LogP contribution is 2.35. The Morgan fingerprint density at radius 1 is 0.923 bits per heavy atom. The molecule has 4 heteroatoms. The molecule has 4 nitrogen and oxygen atoms in total. The number of unbranched alkanes of at least 4 members (excludes halogenated alkanes) is 9. The molecule has 3 unspecified atom stereocenters. The fourth-order valence-corrected chi connectivity index (χ4v) is 3.96. The van der Waals surface area contributed by atoms with E-state index >= 15 is 0 Å². The number of cyclic esters (lactones) is 1. The van der Waals surface area contributed by atoms with Crippen LogP contribution in [0.1, 0.15) is 104 Å². The zero-order valence-electron chi connectivity index (χ0n) is 17.3. The van der Waals surface area contributed by atoms with Crippen LogP contribution in [0.15, 0.2) is 0 Å². The summed E-state index contributed by atoms with van der Waals surface area (Å²) >= 11 is 0. The summed E-state index contributed by atoms with van der Waals surface area (Å²) in [4.78, 5) is 23.0. The third-order valence-corrected chi connectivity index (χ3v) is 5.75. The number of carbonyl (C=O) groups is 2. The average Bonchev–Trinajstić information content (AvgIpc) is 2.91. The first kappa shape index (κ1) is 23.0. The predicted octanol–water partition coefficient (Wildman–Crippen LogP) is 5.82. The molecule has 0 aromatic heterocycles. The monoisotopic (exact) mass is 368 g/mol. The number of rotatable bonds is 15.